The average Bonchev–Trinajstić information content (AvgIpc) is 2.73. The van der Waals surface area contributed by atoms with Crippen LogP contribution < -0.4 is 14.2 Å². The highest BCUT2D eigenvalue weighted by Crippen LogP contribution is 2.21. The van der Waals surface area contributed by atoms with E-state index in [1.165, 1.54) is 24.3 Å². The molecule has 3 rings (SSSR count). The predicted octanol–water partition coefficient (Wildman–Crippen LogP) is 2.78. The molecule has 0 spiro atoms. The number of hydrogen-bond donors (Lipinski definition) is 2. The van der Waals surface area contributed by atoms with E-state index in [2.05, 4.69) is 9.44 Å². The minimum Gasteiger partial charge on any atom is -0.497 e. The molecule has 1 fully saturated rings. The Kier molecular flexibility index (Phi) is 6.94. The molecule has 1 aliphatic carbocycles. The minimum atomic E-state index is -3.77. The van der Waals surface area contributed by atoms with Crippen molar-refractivity contribution >= 4 is 20.0 Å². The maximum atomic E-state index is 12.5. The van der Waals surface area contributed by atoms with Crippen LogP contribution in [0.3, 0.4) is 0 Å². The van der Waals surface area contributed by atoms with Crippen LogP contribution >= 0.6 is 0 Å². The quantitative estimate of drug-likeness (QED) is 0.660. The first-order valence-electron chi connectivity index (χ1n) is 9.55. The van der Waals surface area contributed by atoms with Crippen molar-refractivity contribution < 1.29 is 21.6 Å². The third kappa shape index (κ3) is 5.79. The van der Waals surface area contributed by atoms with Crippen LogP contribution in [0.2, 0.25) is 0 Å². The van der Waals surface area contributed by atoms with Crippen molar-refractivity contribution in [3.8, 4) is 5.75 Å². The Balaban J connectivity index is 1.67. The first-order valence-corrected chi connectivity index (χ1v) is 12.5. The smallest absolute Gasteiger partial charge is 0.240 e. The Bertz CT molecular complexity index is 1030. The number of sulfonamides is 2. The van der Waals surface area contributed by atoms with Gasteiger partial charge in [-0.2, -0.15) is 0 Å². The first kappa shape index (κ1) is 21.8. The fourth-order valence-corrected chi connectivity index (χ4v) is 5.67. The van der Waals surface area contributed by atoms with E-state index in [4.69, 9.17) is 4.74 Å². The topological polar surface area (TPSA) is 102 Å². The fraction of sp³-hybridized carbons (Fsp3) is 0.400. The van der Waals surface area contributed by atoms with E-state index < -0.39 is 20.0 Å². The molecule has 0 unspecified atom stereocenters. The molecule has 0 saturated heterocycles. The normalized spacial score (nSPS) is 15.9. The van der Waals surface area contributed by atoms with Crippen molar-refractivity contribution in [2.45, 2.75) is 54.5 Å². The van der Waals surface area contributed by atoms with Gasteiger partial charge in [0, 0.05) is 12.6 Å². The van der Waals surface area contributed by atoms with Crippen LogP contribution in [0.4, 0.5) is 0 Å². The van der Waals surface area contributed by atoms with Gasteiger partial charge in [-0.15, -0.1) is 0 Å². The molecule has 9 heteroatoms. The largest absolute Gasteiger partial charge is 0.497 e. The molecular weight excluding hydrogens is 412 g/mol. The van der Waals surface area contributed by atoms with Crippen molar-refractivity contribution in [2.75, 3.05) is 7.11 Å². The molecule has 29 heavy (non-hydrogen) atoms. The first-order chi connectivity index (χ1) is 13.8. The van der Waals surface area contributed by atoms with Gasteiger partial charge in [-0.1, -0.05) is 31.4 Å². The second-order valence-corrected chi connectivity index (χ2v) is 10.6. The molecular formula is C20H26N2O5S2. The van der Waals surface area contributed by atoms with Crippen molar-refractivity contribution in [3.63, 3.8) is 0 Å². The van der Waals surface area contributed by atoms with Crippen LogP contribution in [0.1, 0.15) is 37.7 Å². The highest BCUT2D eigenvalue weighted by atomic mass is 32.2. The summed E-state index contributed by atoms with van der Waals surface area (Å²) >= 11 is 0. The summed E-state index contributed by atoms with van der Waals surface area (Å²) in [5.41, 5.74) is 0.754. The fourth-order valence-electron chi connectivity index (χ4n) is 3.35. The van der Waals surface area contributed by atoms with Crippen LogP contribution in [0, 0.1) is 0 Å². The summed E-state index contributed by atoms with van der Waals surface area (Å²) < 4.78 is 60.5. The molecule has 1 aliphatic rings. The van der Waals surface area contributed by atoms with Crippen molar-refractivity contribution in [1.29, 1.82) is 0 Å². The van der Waals surface area contributed by atoms with Crippen molar-refractivity contribution in [2.24, 2.45) is 0 Å². The molecule has 1 saturated carbocycles. The van der Waals surface area contributed by atoms with Gasteiger partial charge in [0.05, 0.1) is 16.9 Å². The number of methoxy groups -OCH3 is 1. The lowest BCUT2D eigenvalue weighted by atomic mass is 9.96. The van der Waals surface area contributed by atoms with E-state index >= 15 is 0 Å². The molecule has 158 valence electrons. The zero-order valence-corrected chi connectivity index (χ0v) is 17.9. The standard InChI is InChI=1S/C20H26N2O5S2/c1-27-18-9-5-6-16(14-18)15-21-28(23,24)19-10-12-20(13-11-19)29(25,26)22-17-7-3-2-4-8-17/h5-6,9-14,17,21-22H,2-4,7-8,15H2,1H3. The van der Waals surface area contributed by atoms with E-state index in [1.807, 2.05) is 0 Å². The van der Waals surface area contributed by atoms with Crippen molar-refractivity contribution in [1.82, 2.24) is 9.44 Å². The lowest BCUT2D eigenvalue weighted by Crippen LogP contribution is -2.36. The zero-order chi connectivity index (χ0) is 20.9. The third-order valence-electron chi connectivity index (χ3n) is 4.97. The van der Waals surface area contributed by atoms with Gasteiger partial charge in [-0.05, 0) is 54.8 Å². The summed E-state index contributed by atoms with van der Waals surface area (Å²) in [7, 11) is -5.89. The summed E-state index contributed by atoms with van der Waals surface area (Å²) in [4.78, 5) is 0.0758. The number of hydrogen-bond acceptors (Lipinski definition) is 5. The number of benzene rings is 2. The van der Waals surface area contributed by atoms with Gasteiger partial charge in [0.2, 0.25) is 20.0 Å². The lowest BCUT2D eigenvalue weighted by molar-refractivity contribution is 0.412. The van der Waals surface area contributed by atoms with Gasteiger partial charge in [-0.3, -0.25) is 0 Å². The molecule has 2 aromatic carbocycles. The van der Waals surface area contributed by atoms with E-state index in [1.54, 1.807) is 31.4 Å². The Labute approximate surface area is 172 Å². The number of rotatable bonds is 8. The van der Waals surface area contributed by atoms with Gasteiger partial charge in [0.25, 0.3) is 0 Å². The molecule has 7 nitrogen and oxygen atoms in total. The Morgan fingerprint density at radius 1 is 0.897 bits per heavy atom. The maximum Gasteiger partial charge on any atom is 0.240 e. The molecule has 0 heterocycles. The third-order valence-corrected chi connectivity index (χ3v) is 7.93. The van der Waals surface area contributed by atoms with Crippen LogP contribution in [0.5, 0.6) is 5.75 Å². The van der Waals surface area contributed by atoms with Crippen LogP contribution in [-0.2, 0) is 26.6 Å². The minimum absolute atomic E-state index is 0.0111. The second-order valence-electron chi connectivity index (χ2n) is 7.10. The van der Waals surface area contributed by atoms with Crippen LogP contribution in [0.15, 0.2) is 58.3 Å². The van der Waals surface area contributed by atoms with Crippen LogP contribution in [-0.4, -0.2) is 30.0 Å². The molecule has 0 radical (unpaired) electrons. The van der Waals surface area contributed by atoms with E-state index in [0.717, 1.165) is 37.7 Å². The maximum absolute atomic E-state index is 12.5. The van der Waals surface area contributed by atoms with E-state index in [-0.39, 0.29) is 22.4 Å². The Morgan fingerprint density at radius 2 is 1.52 bits per heavy atom. The monoisotopic (exact) mass is 438 g/mol. The van der Waals surface area contributed by atoms with Gasteiger partial charge in [-0.25, -0.2) is 26.3 Å². The van der Waals surface area contributed by atoms with Gasteiger partial charge in [0.15, 0.2) is 0 Å². The Morgan fingerprint density at radius 3 is 2.14 bits per heavy atom. The molecule has 0 bridgehead atoms. The average molecular weight is 439 g/mol. The summed E-state index contributed by atoms with van der Waals surface area (Å²) in [6.45, 7) is 0.100. The lowest BCUT2D eigenvalue weighted by Gasteiger charge is -2.22. The van der Waals surface area contributed by atoms with Crippen molar-refractivity contribution in [3.05, 3.63) is 54.1 Å². The summed E-state index contributed by atoms with van der Waals surface area (Å²) in [6.07, 6.45) is 4.83. The predicted molar refractivity (Wildman–Crippen MR) is 111 cm³/mol. The van der Waals surface area contributed by atoms with Gasteiger partial charge >= 0.3 is 0 Å². The van der Waals surface area contributed by atoms with Gasteiger partial charge in [0.1, 0.15) is 5.75 Å². The highest BCUT2D eigenvalue weighted by molar-refractivity contribution is 7.90. The number of nitrogens with one attached hydrogen (secondary N) is 2. The molecule has 2 aromatic rings. The van der Waals surface area contributed by atoms with E-state index in [9.17, 15) is 16.8 Å². The van der Waals surface area contributed by atoms with Crippen LogP contribution in [0.25, 0.3) is 0 Å². The Hall–Kier alpha value is -1.94. The number of ether oxygens (including phenoxy) is 1. The van der Waals surface area contributed by atoms with Gasteiger partial charge < -0.3 is 4.74 Å². The zero-order valence-electron chi connectivity index (χ0n) is 16.3. The summed E-state index contributed by atoms with van der Waals surface area (Å²) in [5, 5.41) is 0. The molecule has 0 atom stereocenters. The summed E-state index contributed by atoms with van der Waals surface area (Å²) in [5.74, 6) is 0.640. The molecule has 0 amide bonds. The molecule has 0 aromatic heterocycles. The second kappa shape index (κ2) is 9.25. The molecule has 0 aliphatic heterocycles. The highest BCUT2D eigenvalue weighted by Gasteiger charge is 2.22. The SMILES string of the molecule is COc1cccc(CNS(=O)(=O)c2ccc(S(=O)(=O)NC3CCCCC3)cc2)c1. The summed E-state index contributed by atoms with van der Waals surface area (Å²) in [6, 6.07) is 12.3. The van der Waals surface area contributed by atoms with E-state index in [0.29, 0.717) is 5.75 Å². The molecule has 2 N–H and O–H groups in total.